The van der Waals surface area contributed by atoms with Gasteiger partial charge in [0.25, 0.3) is 5.69 Å². The third-order valence-electron chi connectivity index (χ3n) is 5.45. The van der Waals surface area contributed by atoms with Crippen molar-refractivity contribution >= 4 is 28.4 Å². The van der Waals surface area contributed by atoms with Gasteiger partial charge < -0.3 is 15.0 Å². The van der Waals surface area contributed by atoms with Crippen molar-refractivity contribution in [3.05, 3.63) is 28.4 Å². The number of aromatic nitrogens is 2. The van der Waals surface area contributed by atoms with Crippen LogP contribution in [0.25, 0.3) is 10.9 Å². The summed E-state index contributed by atoms with van der Waals surface area (Å²) in [7, 11) is 0. The first kappa shape index (κ1) is 19.5. The molecule has 29 heavy (non-hydrogen) atoms. The van der Waals surface area contributed by atoms with Gasteiger partial charge in [-0.25, -0.2) is 4.79 Å². The lowest BCUT2D eigenvalue weighted by Crippen LogP contribution is -2.42. The number of nitrogens with zero attached hydrogens (tertiary/aromatic N) is 4. The number of anilines is 1. The van der Waals surface area contributed by atoms with Crippen LogP contribution in [0.2, 0.25) is 0 Å². The van der Waals surface area contributed by atoms with Crippen molar-refractivity contribution < 1.29 is 14.5 Å². The molecule has 9 heteroatoms. The highest BCUT2D eigenvalue weighted by Crippen LogP contribution is 2.42. The Morgan fingerprint density at radius 3 is 2.66 bits per heavy atom. The van der Waals surface area contributed by atoms with Crippen LogP contribution >= 0.6 is 0 Å². The van der Waals surface area contributed by atoms with E-state index in [0.29, 0.717) is 24.8 Å². The summed E-state index contributed by atoms with van der Waals surface area (Å²) >= 11 is 0. The van der Waals surface area contributed by atoms with Gasteiger partial charge >= 0.3 is 6.09 Å². The fourth-order valence-corrected chi connectivity index (χ4v) is 3.98. The van der Waals surface area contributed by atoms with Crippen LogP contribution < -0.4 is 10.2 Å². The largest absolute Gasteiger partial charge is 0.444 e. The van der Waals surface area contributed by atoms with Crippen LogP contribution in [0.3, 0.4) is 0 Å². The van der Waals surface area contributed by atoms with Crippen molar-refractivity contribution in [2.24, 2.45) is 5.92 Å². The summed E-state index contributed by atoms with van der Waals surface area (Å²) in [5.41, 5.74) is 0.995. The van der Waals surface area contributed by atoms with Crippen LogP contribution in [0.1, 0.15) is 46.6 Å². The van der Waals surface area contributed by atoms with Crippen molar-refractivity contribution in [1.29, 1.82) is 0 Å². The number of carbonyl (C=O) groups excluding carboxylic acids is 1. The topological polar surface area (TPSA) is 103 Å². The van der Waals surface area contributed by atoms with Gasteiger partial charge in [-0.2, -0.15) is 5.10 Å². The Morgan fingerprint density at radius 1 is 1.31 bits per heavy atom. The zero-order valence-corrected chi connectivity index (χ0v) is 17.2. The monoisotopic (exact) mass is 401 g/mol. The molecule has 1 saturated carbocycles. The lowest BCUT2D eigenvalue weighted by molar-refractivity contribution is -0.384. The maximum Gasteiger partial charge on any atom is 0.407 e. The molecule has 1 aliphatic heterocycles. The van der Waals surface area contributed by atoms with Gasteiger partial charge in [-0.05, 0) is 45.6 Å². The first-order valence-electron chi connectivity index (χ1n) is 10.0. The molecule has 1 aromatic heterocycles. The van der Waals surface area contributed by atoms with Gasteiger partial charge in [0.1, 0.15) is 11.3 Å². The zero-order chi connectivity index (χ0) is 20.9. The number of nitrogens with one attached hydrogen (secondary N) is 1. The molecule has 2 fully saturated rings. The van der Waals surface area contributed by atoms with E-state index in [1.807, 2.05) is 37.3 Å². The molecule has 1 aliphatic carbocycles. The SMILES string of the molecule is C[C@@H]1CN(c2c([N+](=O)[O-])ccc3c2cnn3C2CC2)C[C@@H]1NC(=O)OC(C)(C)C. The third-order valence-corrected chi connectivity index (χ3v) is 5.45. The number of nitro benzene ring substituents is 1. The van der Waals surface area contributed by atoms with Gasteiger partial charge in [0.15, 0.2) is 0 Å². The average molecular weight is 401 g/mol. The van der Waals surface area contributed by atoms with Crippen LogP contribution in [-0.2, 0) is 4.74 Å². The van der Waals surface area contributed by atoms with E-state index in [2.05, 4.69) is 10.4 Å². The van der Waals surface area contributed by atoms with E-state index in [4.69, 9.17) is 4.74 Å². The molecule has 4 rings (SSSR count). The number of nitro groups is 1. The molecule has 1 saturated heterocycles. The van der Waals surface area contributed by atoms with E-state index in [9.17, 15) is 14.9 Å². The highest BCUT2D eigenvalue weighted by Gasteiger charge is 2.37. The maximum atomic E-state index is 12.2. The lowest BCUT2D eigenvalue weighted by Gasteiger charge is -2.23. The molecular formula is C20H27N5O4. The maximum absolute atomic E-state index is 12.2. The minimum absolute atomic E-state index is 0.0676. The van der Waals surface area contributed by atoms with Crippen LogP contribution in [0.5, 0.6) is 0 Å². The summed E-state index contributed by atoms with van der Waals surface area (Å²) in [5, 5.41) is 19.9. The Hall–Kier alpha value is -2.84. The minimum Gasteiger partial charge on any atom is -0.444 e. The summed E-state index contributed by atoms with van der Waals surface area (Å²) in [5.74, 6) is 0.121. The molecule has 2 aromatic rings. The highest BCUT2D eigenvalue weighted by molar-refractivity contribution is 5.97. The number of hydrogen-bond acceptors (Lipinski definition) is 6. The molecule has 9 nitrogen and oxygen atoms in total. The lowest BCUT2D eigenvalue weighted by atomic mass is 10.1. The molecule has 2 aliphatic rings. The minimum atomic E-state index is -0.576. The van der Waals surface area contributed by atoms with Crippen LogP contribution in [0, 0.1) is 16.0 Å². The molecule has 1 N–H and O–H groups in total. The second-order valence-electron chi connectivity index (χ2n) is 9.08. The Morgan fingerprint density at radius 2 is 2.03 bits per heavy atom. The summed E-state index contributed by atoms with van der Waals surface area (Å²) in [4.78, 5) is 25.6. The van der Waals surface area contributed by atoms with Crippen molar-refractivity contribution in [2.75, 3.05) is 18.0 Å². The fourth-order valence-electron chi connectivity index (χ4n) is 3.98. The number of carbonyl (C=O) groups is 1. The first-order chi connectivity index (χ1) is 13.6. The summed E-state index contributed by atoms with van der Waals surface area (Å²) in [6.45, 7) is 8.57. The van der Waals surface area contributed by atoms with Crippen molar-refractivity contribution in [1.82, 2.24) is 15.1 Å². The summed E-state index contributed by atoms with van der Waals surface area (Å²) < 4.78 is 7.34. The number of benzene rings is 1. The molecular weight excluding hydrogens is 374 g/mol. The number of ether oxygens (including phenoxy) is 1. The van der Waals surface area contributed by atoms with Gasteiger partial charge in [-0.3, -0.25) is 14.8 Å². The van der Waals surface area contributed by atoms with Crippen LogP contribution in [0.15, 0.2) is 18.3 Å². The standard InChI is InChI=1S/C20H27N5O4/c1-12-10-23(11-15(12)22-19(26)29-20(2,3)4)18-14-9-21-24(13-5-6-13)16(14)7-8-17(18)25(27)28/h7-9,12-13,15H,5-6,10-11H2,1-4H3,(H,22,26)/t12-,15+/m1/s1. The fraction of sp³-hybridized carbons (Fsp3) is 0.600. The van der Waals surface area contributed by atoms with Gasteiger partial charge in [-0.15, -0.1) is 0 Å². The molecule has 0 bridgehead atoms. The Bertz CT molecular complexity index is 960. The van der Waals surface area contributed by atoms with E-state index in [0.717, 1.165) is 23.7 Å². The van der Waals surface area contributed by atoms with Gasteiger partial charge in [0.05, 0.1) is 34.1 Å². The number of alkyl carbamates (subject to hydrolysis) is 1. The second kappa shape index (κ2) is 6.89. The Kier molecular flexibility index (Phi) is 4.63. The molecule has 156 valence electrons. The van der Waals surface area contributed by atoms with E-state index < -0.39 is 11.7 Å². The van der Waals surface area contributed by atoms with E-state index in [1.54, 1.807) is 18.3 Å². The summed E-state index contributed by atoms with van der Waals surface area (Å²) in [6, 6.07) is 3.59. The predicted molar refractivity (Wildman–Crippen MR) is 109 cm³/mol. The molecule has 1 aromatic carbocycles. The van der Waals surface area contributed by atoms with E-state index in [-0.39, 0.29) is 22.6 Å². The molecule has 1 amide bonds. The smallest absolute Gasteiger partial charge is 0.407 e. The number of amides is 1. The van der Waals surface area contributed by atoms with Crippen molar-refractivity contribution in [3.8, 4) is 0 Å². The zero-order valence-electron chi connectivity index (χ0n) is 17.2. The molecule has 0 radical (unpaired) electrons. The van der Waals surface area contributed by atoms with Crippen LogP contribution in [-0.4, -0.2) is 45.5 Å². The molecule has 2 heterocycles. The normalized spacial score (nSPS) is 22.1. The molecule has 0 unspecified atom stereocenters. The number of fused-ring (bicyclic) bond motifs is 1. The van der Waals surface area contributed by atoms with E-state index in [1.165, 1.54) is 0 Å². The third kappa shape index (κ3) is 3.86. The molecule has 2 atom stereocenters. The molecule has 0 spiro atoms. The second-order valence-corrected chi connectivity index (χ2v) is 9.08. The number of rotatable bonds is 4. The van der Waals surface area contributed by atoms with E-state index >= 15 is 0 Å². The Balaban J connectivity index is 1.63. The number of hydrogen-bond donors (Lipinski definition) is 1. The van der Waals surface area contributed by atoms with Crippen LogP contribution in [0.4, 0.5) is 16.2 Å². The van der Waals surface area contributed by atoms with Gasteiger partial charge in [0.2, 0.25) is 0 Å². The predicted octanol–water partition coefficient (Wildman–Crippen LogP) is 3.63. The first-order valence-corrected chi connectivity index (χ1v) is 10.0. The van der Waals surface area contributed by atoms with Gasteiger partial charge in [-0.1, -0.05) is 6.92 Å². The van der Waals surface area contributed by atoms with Gasteiger partial charge in [0, 0.05) is 19.2 Å². The highest BCUT2D eigenvalue weighted by atomic mass is 16.6. The average Bonchev–Trinajstić information content (AvgIpc) is 3.26. The van der Waals surface area contributed by atoms with Crippen molar-refractivity contribution in [2.45, 2.75) is 58.2 Å². The quantitative estimate of drug-likeness (QED) is 0.620. The van der Waals surface area contributed by atoms with Crippen molar-refractivity contribution in [3.63, 3.8) is 0 Å². The summed E-state index contributed by atoms with van der Waals surface area (Å²) in [6.07, 6.45) is 3.44. The Labute approximate surface area is 169 Å².